The predicted octanol–water partition coefficient (Wildman–Crippen LogP) is 4.23. The molecule has 1 saturated heterocycles. The third-order valence-corrected chi connectivity index (χ3v) is 5.64. The number of piperazine rings is 1. The molecule has 2 aromatic carbocycles. The van der Waals surface area contributed by atoms with E-state index in [1.807, 2.05) is 0 Å². The molecule has 4 rings (SSSR count). The Bertz CT molecular complexity index is 1120. The Balaban J connectivity index is 1.21. The number of nitrogens with zero attached hydrogens (tertiary/aromatic N) is 4. The van der Waals surface area contributed by atoms with Gasteiger partial charge in [-0.2, -0.15) is 13.2 Å². The molecule has 0 unspecified atom stereocenters. The standard InChI is InChI=1S/C25H26F3N5O2/c26-25(27,28)20-6-2-8-22(18-20)35-21-7-1-5-19(17-21)23(34)29-11-4-12-32-13-15-33(16-14-32)24-30-9-3-10-31-24/h1-3,5-10,17-18H,4,11-16H2,(H,29,34). The topological polar surface area (TPSA) is 70.6 Å². The fraction of sp³-hybridized carbons (Fsp3) is 0.320. The molecular weight excluding hydrogens is 459 g/mol. The molecule has 1 fully saturated rings. The van der Waals surface area contributed by atoms with Crippen molar-refractivity contribution < 1.29 is 22.7 Å². The van der Waals surface area contributed by atoms with Gasteiger partial charge in [0.1, 0.15) is 11.5 Å². The first-order valence-corrected chi connectivity index (χ1v) is 11.4. The van der Waals surface area contributed by atoms with E-state index >= 15 is 0 Å². The highest BCUT2D eigenvalue weighted by atomic mass is 19.4. The first-order valence-electron chi connectivity index (χ1n) is 11.4. The summed E-state index contributed by atoms with van der Waals surface area (Å²) in [5.41, 5.74) is -0.412. The highest BCUT2D eigenvalue weighted by molar-refractivity contribution is 5.94. The SMILES string of the molecule is O=C(NCCCN1CCN(c2ncccn2)CC1)c1cccc(Oc2cccc(C(F)(F)F)c2)c1. The summed E-state index contributed by atoms with van der Waals surface area (Å²) in [6.07, 6.45) is -0.173. The molecule has 2 heterocycles. The number of hydrogen-bond donors (Lipinski definition) is 1. The highest BCUT2D eigenvalue weighted by Gasteiger charge is 2.30. The molecule has 184 valence electrons. The molecule has 1 aliphatic heterocycles. The van der Waals surface area contributed by atoms with E-state index in [4.69, 9.17) is 4.74 Å². The van der Waals surface area contributed by atoms with Gasteiger partial charge in [-0.1, -0.05) is 12.1 Å². The minimum absolute atomic E-state index is 0.0521. The summed E-state index contributed by atoms with van der Waals surface area (Å²) >= 11 is 0. The molecule has 1 amide bonds. The number of hydrogen-bond acceptors (Lipinski definition) is 6. The highest BCUT2D eigenvalue weighted by Crippen LogP contribution is 2.32. The van der Waals surface area contributed by atoms with Crippen LogP contribution in [-0.2, 0) is 6.18 Å². The molecule has 0 saturated carbocycles. The maximum absolute atomic E-state index is 12.9. The van der Waals surface area contributed by atoms with Gasteiger partial charge in [0.05, 0.1) is 5.56 Å². The number of amides is 1. The second-order valence-electron chi connectivity index (χ2n) is 8.14. The lowest BCUT2D eigenvalue weighted by molar-refractivity contribution is -0.137. The molecule has 1 N–H and O–H groups in total. The van der Waals surface area contributed by atoms with Crippen molar-refractivity contribution in [1.82, 2.24) is 20.2 Å². The van der Waals surface area contributed by atoms with Gasteiger partial charge in [-0.15, -0.1) is 0 Å². The quantitative estimate of drug-likeness (QED) is 0.482. The molecule has 0 bridgehead atoms. The van der Waals surface area contributed by atoms with Crippen LogP contribution in [0.15, 0.2) is 67.0 Å². The summed E-state index contributed by atoms with van der Waals surface area (Å²) in [5.74, 6) is 0.831. The number of benzene rings is 2. The van der Waals surface area contributed by atoms with Crippen molar-refractivity contribution in [1.29, 1.82) is 0 Å². The second-order valence-corrected chi connectivity index (χ2v) is 8.14. The number of ether oxygens (including phenoxy) is 1. The molecule has 0 aliphatic carbocycles. The summed E-state index contributed by atoms with van der Waals surface area (Å²) in [6, 6.07) is 12.8. The van der Waals surface area contributed by atoms with Gasteiger partial charge >= 0.3 is 6.18 Å². The first-order chi connectivity index (χ1) is 16.9. The molecule has 10 heteroatoms. The van der Waals surface area contributed by atoms with Crippen LogP contribution in [0.25, 0.3) is 0 Å². The van der Waals surface area contributed by atoms with Crippen molar-refractivity contribution in [3.8, 4) is 11.5 Å². The van der Waals surface area contributed by atoms with Crippen LogP contribution in [0.5, 0.6) is 11.5 Å². The molecule has 7 nitrogen and oxygen atoms in total. The third-order valence-electron chi connectivity index (χ3n) is 5.64. The zero-order chi connectivity index (χ0) is 24.7. The molecule has 0 atom stereocenters. The average Bonchev–Trinajstić information content (AvgIpc) is 2.87. The van der Waals surface area contributed by atoms with E-state index in [0.717, 1.165) is 57.2 Å². The van der Waals surface area contributed by atoms with Gasteiger partial charge in [0.25, 0.3) is 5.91 Å². The fourth-order valence-corrected chi connectivity index (χ4v) is 3.81. The smallest absolute Gasteiger partial charge is 0.416 e. The van der Waals surface area contributed by atoms with E-state index in [9.17, 15) is 18.0 Å². The zero-order valence-corrected chi connectivity index (χ0v) is 19.0. The summed E-state index contributed by atoms with van der Waals surface area (Å²) < 4.78 is 44.3. The van der Waals surface area contributed by atoms with Crippen LogP contribution in [0, 0.1) is 0 Å². The van der Waals surface area contributed by atoms with E-state index in [-0.39, 0.29) is 17.4 Å². The molecule has 0 radical (unpaired) electrons. The molecule has 1 aliphatic rings. The average molecular weight is 486 g/mol. The van der Waals surface area contributed by atoms with E-state index in [0.29, 0.717) is 12.1 Å². The lowest BCUT2D eigenvalue weighted by atomic mass is 10.2. The molecule has 0 spiro atoms. The number of rotatable bonds is 8. The van der Waals surface area contributed by atoms with E-state index in [1.165, 1.54) is 18.2 Å². The van der Waals surface area contributed by atoms with Gasteiger partial charge in [-0.3, -0.25) is 9.69 Å². The third kappa shape index (κ3) is 6.92. The van der Waals surface area contributed by atoms with Crippen molar-refractivity contribution in [2.24, 2.45) is 0 Å². The lowest BCUT2D eigenvalue weighted by Crippen LogP contribution is -2.47. The van der Waals surface area contributed by atoms with Crippen molar-refractivity contribution in [2.75, 3.05) is 44.2 Å². The predicted molar refractivity (Wildman–Crippen MR) is 126 cm³/mol. The van der Waals surface area contributed by atoms with Crippen molar-refractivity contribution >= 4 is 11.9 Å². The summed E-state index contributed by atoms with van der Waals surface area (Å²) in [6.45, 7) is 4.90. The Morgan fingerprint density at radius 3 is 2.34 bits per heavy atom. The van der Waals surface area contributed by atoms with Gasteiger partial charge < -0.3 is 15.0 Å². The Morgan fingerprint density at radius 1 is 0.943 bits per heavy atom. The van der Waals surface area contributed by atoms with E-state index in [1.54, 1.807) is 36.7 Å². The monoisotopic (exact) mass is 485 g/mol. The molecule has 3 aromatic rings. The van der Waals surface area contributed by atoms with Gasteiger partial charge in [0.2, 0.25) is 5.95 Å². The Hall–Kier alpha value is -3.66. The van der Waals surface area contributed by atoms with Crippen molar-refractivity contribution in [3.63, 3.8) is 0 Å². The molecule has 35 heavy (non-hydrogen) atoms. The van der Waals surface area contributed by atoms with Crippen LogP contribution in [-0.4, -0.2) is 60.0 Å². The normalized spacial score (nSPS) is 14.5. The summed E-state index contributed by atoms with van der Waals surface area (Å²) in [4.78, 5) is 25.6. The fourth-order valence-electron chi connectivity index (χ4n) is 3.81. The zero-order valence-electron chi connectivity index (χ0n) is 19.0. The van der Waals surface area contributed by atoms with Crippen LogP contribution in [0.2, 0.25) is 0 Å². The number of aromatic nitrogens is 2. The van der Waals surface area contributed by atoms with Crippen molar-refractivity contribution in [2.45, 2.75) is 12.6 Å². The summed E-state index contributed by atoms with van der Waals surface area (Å²) in [5, 5.41) is 2.89. The number of carbonyl (C=O) groups is 1. The minimum Gasteiger partial charge on any atom is -0.457 e. The van der Waals surface area contributed by atoms with Crippen LogP contribution < -0.4 is 15.0 Å². The van der Waals surface area contributed by atoms with Gasteiger partial charge in [0.15, 0.2) is 0 Å². The number of anilines is 1. The maximum Gasteiger partial charge on any atom is 0.416 e. The van der Waals surface area contributed by atoms with Gasteiger partial charge in [-0.25, -0.2) is 9.97 Å². The number of halogens is 3. The van der Waals surface area contributed by atoms with Gasteiger partial charge in [-0.05, 0) is 55.4 Å². The lowest BCUT2D eigenvalue weighted by Gasteiger charge is -2.34. The molecular formula is C25H26F3N5O2. The Morgan fingerprint density at radius 2 is 1.63 bits per heavy atom. The maximum atomic E-state index is 12.9. The van der Waals surface area contributed by atoms with Crippen molar-refractivity contribution in [3.05, 3.63) is 78.1 Å². The van der Waals surface area contributed by atoms with Gasteiger partial charge in [0, 0.05) is 50.7 Å². The second kappa shape index (κ2) is 11.2. The summed E-state index contributed by atoms with van der Waals surface area (Å²) in [7, 11) is 0. The van der Waals surface area contributed by atoms with E-state index < -0.39 is 11.7 Å². The van der Waals surface area contributed by atoms with Crippen LogP contribution in [0.1, 0.15) is 22.3 Å². The van der Waals surface area contributed by atoms with Crippen LogP contribution in [0.3, 0.4) is 0 Å². The number of nitrogens with one attached hydrogen (secondary N) is 1. The molecule has 1 aromatic heterocycles. The number of alkyl halides is 3. The largest absolute Gasteiger partial charge is 0.457 e. The first kappa shape index (κ1) is 24.5. The Labute approximate surface area is 201 Å². The Kier molecular flexibility index (Phi) is 7.81. The van der Waals surface area contributed by atoms with E-state index in [2.05, 4.69) is 25.1 Å². The van der Waals surface area contributed by atoms with Crippen LogP contribution in [0.4, 0.5) is 19.1 Å². The van der Waals surface area contributed by atoms with Crippen LogP contribution >= 0.6 is 0 Å². The minimum atomic E-state index is -4.45. The number of carbonyl (C=O) groups excluding carboxylic acids is 1.